The Bertz CT molecular complexity index is 1190. The fraction of sp³-hybridized carbons (Fsp3) is 0.250. The number of amides is 1. The van der Waals surface area contributed by atoms with Gasteiger partial charge in [0.1, 0.15) is 34.2 Å². The normalized spacial score (nSPS) is 12.5. The van der Waals surface area contributed by atoms with Crippen LogP contribution in [0.15, 0.2) is 36.8 Å². The van der Waals surface area contributed by atoms with Gasteiger partial charge in [-0.2, -0.15) is 0 Å². The topological polar surface area (TPSA) is 113 Å². The number of fused-ring (bicyclic) bond motifs is 4. The third-order valence-corrected chi connectivity index (χ3v) is 4.84. The lowest BCUT2D eigenvalue weighted by Crippen LogP contribution is -2.30. The standard InChI is InChI=1S/C20H20N6O2/c1-11(21-2)7-8-23-20(28)15-17-16(12-5-3-4-6-13(12)18(15)27)26-19-14(25-17)9-22-10-24-19/h3-6,9-11,21,27H,7-8H2,1-2H3,(H,23,28). The summed E-state index contributed by atoms with van der Waals surface area (Å²) >= 11 is 0. The van der Waals surface area contributed by atoms with Gasteiger partial charge in [-0.15, -0.1) is 0 Å². The second-order valence-electron chi connectivity index (χ2n) is 6.66. The Labute approximate surface area is 161 Å². The monoisotopic (exact) mass is 376 g/mol. The van der Waals surface area contributed by atoms with Crippen LogP contribution in [0.5, 0.6) is 5.75 Å². The van der Waals surface area contributed by atoms with E-state index in [-0.39, 0.29) is 23.3 Å². The molecule has 1 unspecified atom stereocenters. The van der Waals surface area contributed by atoms with E-state index in [1.165, 1.54) is 12.5 Å². The summed E-state index contributed by atoms with van der Waals surface area (Å²) in [5, 5.41) is 18.1. The summed E-state index contributed by atoms with van der Waals surface area (Å²) in [6.45, 7) is 2.51. The molecule has 0 aliphatic heterocycles. The highest BCUT2D eigenvalue weighted by molar-refractivity contribution is 6.18. The van der Waals surface area contributed by atoms with Gasteiger partial charge >= 0.3 is 0 Å². The van der Waals surface area contributed by atoms with Crippen LogP contribution >= 0.6 is 0 Å². The number of nitrogens with one attached hydrogen (secondary N) is 2. The highest BCUT2D eigenvalue weighted by atomic mass is 16.3. The second kappa shape index (κ2) is 7.32. The van der Waals surface area contributed by atoms with E-state index in [9.17, 15) is 9.90 Å². The molecule has 0 radical (unpaired) electrons. The van der Waals surface area contributed by atoms with E-state index >= 15 is 0 Å². The lowest BCUT2D eigenvalue weighted by Gasteiger charge is -2.14. The number of hydrogen-bond donors (Lipinski definition) is 3. The molecule has 0 saturated carbocycles. The van der Waals surface area contributed by atoms with Crippen LogP contribution in [0.25, 0.3) is 33.0 Å². The molecular formula is C20H20N6O2. The Kier molecular flexibility index (Phi) is 4.70. The molecule has 2 heterocycles. The second-order valence-corrected chi connectivity index (χ2v) is 6.66. The average Bonchev–Trinajstić information content (AvgIpc) is 2.72. The summed E-state index contributed by atoms with van der Waals surface area (Å²) in [6, 6.07) is 7.53. The van der Waals surface area contributed by atoms with Crippen molar-refractivity contribution in [3.63, 3.8) is 0 Å². The zero-order valence-electron chi connectivity index (χ0n) is 15.6. The van der Waals surface area contributed by atoms with Gasteiger partial charge in [0.25, 0.3) is 5.91 Å². The van der Waals surface area contributed by atoms with Crippen molar-refractivity contribution in [2.24, 2.45) is 0 Å². The van der Waals surface area contributed by atoms with E-state index in [0.29, 0.717) is 39.5 Å². The molecule has 4 aromatic rings. The molecule has 0 fully saturated rings. The van der Waals surface area contributed by atoms with Gasteiger partial charge in [-0.3, -0.25) is 4.79 Å². The number of hydrogen-bond acceptors (Lipinski definition) is 7. The van der Waals surface area contributed by atoms with E-state index in [1.54, 1.807) is 12.1 Å². The molecule has 1 amide bonds. The predicted octanol–water partition coefficient (Wildman–Crippen LogP) is 2.16. The van der Waals surface area contributed by atoms with Crippen LogP contribution in [-0.2, 0) is 0 Å². The Morgan fingerprint density at radius 1 is 1.18 bits per heavy atom. The van der Waals surface area contributed by atoms with Crippen LogP contribution in [-0.4, -0.2) is 50.6 Å². The van der Waals surface area contributed by atoms with Gasteiger partial charge in [0.2, 0.25) is 0 Å². The van der Waals surface area contributed by atoms with Crippen molar-refractivity contribution in [2.75, 3.05) is 13.6 Å². The van der Waals surface area contributed by atoms with Crippen LogP contribution in [0.3, 0.4) is 0 Å². The summed E-state index contributed by atoms with van der Waals surface area (Å²) < 4.78 is 0. The van der Waals surface area contributed by atoms with E-state index in [2.05, 4.69) is 30.6 Å². The molecule has 3 N–H and O–H groups in total. The maximum atomic E-state index is 12.9. The minimum Gasteiger partial charge on any atom is -0.506 e. The molecular weight excluding hydrogens is 356 g/mol. The van der Waals surface area contributed by atoms with Crippen molar-refractivity contribution < 1.29 is 9.90 Å². The molecule has 0 aliphatic carbocycles. The molecule has 8 heteroatoms. The lowest BCUT2D eigenvalue weighted by atomic mass is 10.0. The number of carbonyl (C=O) groups excluding carboxylic acids is 1. The summed E-state index contributed by atoms with van der Waals surface area (Å²) in [5.41, 5.74) is 1.87. The smallest absolute Gasteiger partial charge is 0.257 e. The Balaban J connectivity index is 1.91. The molecule has 1 atom stereocenters. The number of benzene rings is 2. The zero-order chi connectivity index (χ0) is 19.7. The Hall–Kier alpha value is -3.39. The van der Waals surface area contributed by atoms with Crippen LogP contribution in [0, 0.1) is 0 Å². The van der Waals surface area contributed by atoms with E-state index in [1.807, 2.05) is 26.1 Å². The molecule has 0 saturated heterocycles. The maximum absolute atomic E-state index is 12.9. The quantitative estimate of drug-likeness (QED) is 0.361. The van der Waals surface area contributed by atoms with Crippen LogP contribution in [0.1, 0.15) is 23.7 Å². The van der Waals surface area contributed by atoms with E-state index in [0.717, 1.165) is 6.42 Å². The van der Waals surface area contributed by atoms with E-state index in [4.69, 9.17) is 0 Å². The number of rotatable bonds is 5. The van der Waals surface area contributed by atoms with Crippen molar-refractivity contribution in [1.29, 1.82) is 0 Å². The molecule has 142 valence electrons. The number of nitrogens with zero attached hydrogens (tertiary/aromatic N) is 4. The lowest BCUT2D eigenvalue weighted by molar-refractivity contribution is 0.0951. The summed E-state index contributed by atoms with van der Waals surface area (Å²) in [5.74, 6) is -0.491. The minimum atomic E-state index is -0.387. The van der Waals surface area contributed by atoms with Gasteiger partial charge in [0.15, 0.2) is 5.65 Å². The average molecular weight is 376 g/mol. The fourth-order valence-electron chi connectivity index (χ4n) is 3.17. The highest BCUT2D eigenvalue weighted by Crippen LogP contribution is 2.36. The van der Waals surface area contributed by atoms with Gasteiger partial charge in [-0.25, -0.2) is 19.9 Å². The SMILES string of the molecule is CNC(C)CCNC(=O)c1c(O)c2ccccc2c2nc3ncncc3nc12. The van der Waals surface area contributed by atoms with Crippen molar-refractivity contribution in [3.05, 3.63) is 42.4 Å². The third kappa shape index (κ3) is 3.07. The van der Waals surface area contributed by atoms with Crippen molar-refractivity contribution in [1.82, 2.24) is 30.6 Å². The fourth-order valence-corrected chi connectivity index (χ4v) is 3.17. The summed E-state index contributed by atoms with van der Waals surface area (Å²) in [4.78, 5) is 30.2. The molecule has 0 aliphatic rings. The zero-order valence-corrected chi connectivity index (χ0v) is 15.6. The third-order valence-electron chi connectivity index (χ3n) is 4.84. The first kappa shape index (κ1) is 18.0. The number of phenolic OH excluding ortho intramolecular Hbond substituents is 1. The number of carbonyl (C=O) groups is 1. The minimum absolute atomic E-state index is 0.104. The molecule has 2 aromatic carbocycles. The molecule has 0 spiro atoms. The highest BCUT2D eigenvalue weighted by Gasteiger charge is 2.22. The summed E-state index contributed by atoms with van der Waals surface area (Å²) in [6.07, 6.45) is 3.70. The number of aromatic nitrogens is 4. The largest absolute Gasteiger partial charge is 0.506 e. The number of aromatic hydroxyl groups is 1. The van der Waals surface area contributed by atoms with Crippen molar-refractivity contribution in [3.8, 4) is 5.75 Å². The van der Waals surface area contributed by atoms with Crippen LogP contribution < -0.4 is 10.6 Å². The first-order valence-electron chi connectivity index (χ1n) is 9.06. The van der Waals surface area contributed by atoms with Crippen molar-refractivity contribution in [2.45, 2.75) is 19.4 Å². The first-order valence-corrected chi connectivity index (χ1v) is 9.06. The van der Waals surface area contributed by atoms with Crippen LogP contribution in [0.2, 0.25) is 0 Å². The number of phenols is 1. The van der Waals surface area contributed by atoms with Gasteiger partial charge < -0.3 is 15.7 Å². The van der Waals surface area contributed by atoms with Crippen LogP contribution in [0.4, 0.5) is 0 Å². The molecule has 0 bridgehead atoms. The van der Waals surface area contributed by atoms with Gasteiger partial charge in [0.05, 0.1) is 6.20 Å². The predicted molar refractivity (Wildman–Crippen MR) is 107 cm³/mol. The molecule has 4 rings (SSSR count). The van der Waals surface area contributed by atoms with Gasteiger partial charge in [0, 0.05) is 23.4 Å². The van der Waals surface area contributed by atoms with E-state index < -0.39 is 0 Å². The summed E-state index contributed by atoms with van der Waals surface area (Å²) in [7, 11) is 1.87. The molecule has 2 aromatic heterocycles. The van der Waals surface area contributed by atoms with Gasteiger partial charge in [-0.1, -0.05) is 24.3 Å². The van der Waals surface area contributed by atoms with Gasteiger partial charge in [-0.05, 0) is 20.4 Å². The maximum Gasteiger partial charge on any atom is 0.257 e. The first-order chi connectivity index (χ1) is 13.6. The Morgan fingerprint density at radius 2 is 1.96 bits per heavy atom. The molecule has 28 heavy (non-hydrogen) atoms. The Morgan fingerprint density at radius 3 is 2.75 bits per heavy atom. The molecule has 8 nitrogen and oxygen atoms in total. The van der Waals surface area contributed by atoms with Crippen molar-refractivity contribution >= 4 is 38.9 Å².